The van der Waals surface area contributed by atoms with Gasteiger partial charge in [-0.05, 0) is 37.6 Å². The van der Waals surface area contributed by atoms with Gasteiger partial charge in [-0.3, -0.25) is 4.57 Å². The molecule has 1 aromatic carbocycles. The Morgan fingerprint density at radius 3 is 2.22 bits per heavy atom. The zero-order chi connectivity index (χ0) is 20.0. The summed E-state index contributed by atoms with van der Waals surface area (Å²) in [5.74, 6) is -0.429. The van der Waals surface area contributed by atoms with Crippen LogP contribution in [0.3, 0.4) is 0 Å². The smallest absolute Gasteiger partial charge is 0.357 e. The maximum Gasteiger partial charge on any atom is 0.357 e. The van der Waals surface area contributed by atoms with Gasteiger partial charge in [-0.15, -0.1) is 0 Å². The predicted molar refractivity (Wildman–Crippen MR) is 112 cm³/mol. The highest BCUT2D eigenvalue weighted by molar-refractivity contribution is 7.54. The summed E-state index contributed by atoms with van der Waals surface area (Å²) < 4.78 is 24.6. The van der Waals surface area contributed by atoms with E-state index in [0.29, 0.717) is 15.9 Å². The van der Waals surface area contributed by atoms with Crippen LogP contribution in [0.4, 0.5) is 11.5 Å². The molecule has 6 nitrogen and oxygen atoms in total. The summed E-state index contributed by atoms with van der Waals surface area (Å²) in [5, 5.41) is 3.85. The Morgan fingerprint density at radius 1 is 1.15 bits per heavy atom. The van der Waals surface area contributed by atoms with E-state index in [1.165, 1.54) is 6.20 Å². The maximum absolute atomic E-state index is 13.5. The molecule has 1 heterocycles. The number of hydrogen-bond acceptors (Lipinski definition) is 6. The third-order valence-corrected chi connectivity index (χ3v) is 6.53. The van der Waals surface area contributed by atoms with Gasteiger partial charge < -0.3 is 19.3 Å². The van der Waals surface area contributed by atoms with E-state index < -0.39 is 13.4 Å². The minimum atomic E-state index is -3.54. The summed E-state index contributed by atoms with van der Waals surface area (Å²) in [7, 11) is 0.360. The summed E-state index contributed by atoms with van der Waals surface area (Å²) in [6.07, 6.45) is 1.47. The van der Waals surface area contributed by atoms with Crippen LogP contribution in [0.2, 0.25) is 10.0 Å². The lowest BCUT2D eigenvalue weighted by Crippen LogP contribution is -2.16. The SMILES string of the molecule is CCOP(=O)(OCC)C(Nc1ncc(Cl)cc1Cl)c1ccc(N(C)C)cc1. The van der Waals surface area contributed by atoms with Crippen molar-refractivity contribution in [1.29, 1.82) is 0 Å². The monoisotopic (exact) mass is 431 g/mol. The normalized spacial score (nSPS) is 12.7. The van der Waals surface area contributed by atoms with Gasteiger partial charge in [0.25, 0.3) is 0 Å². The molecule has 2 aromatic rings. The fraction of sp³-hybridized carbons (Fsp3) is 0.389. The molecular weight excluding hydrogens is 408 g/mol. The molecule has 0 spiro atoms. The van der Waals surface area contributed by atoms with Crippen molar-refractivity contribution in [1.82, 2.24) is 4.98 Å². The summed E-state index contributed by atoms with van der Waals surface area (Å²) in [6, 6.07) is 9.19. The number of halogens is 2. The van der Waals surface area contributed by atoms with Gasteiger partial charge in [0.2, 0.25) is 0 Å². The molecule has 0 saturated carbocycles. The van der Waals surface area contributed by atoms with Gasteiger partial charge in [-0.25, -0.2) is 4.98 Å². The summed E-state index contributed by atoms with van der Waals surface area (Å²) in [5.41, 5.74) is 1.75. The second-order valence-electron chi connectivity index (χ2n) is 5.89. The van der Waals surface area contributed by atoms with E-state index in [4.69, 9.17) is 32.2 Å². The molecule has 0 saturated heterocycles. The van der Waals surface area contributed by atoms with E-state index in [2.05, 4.69) is 10.3 Å². The number of nitrogens with one attached hydrogen (secondary N) is 1. The molecular formula is C18H24Cl2N3O3P. The quantitative estimate of drug-likeness (QED) is 0.503. The molecule has 148 valence electrons. The Bertz CT molecular complexity index is 793. The Kier molecular flexibility index (Phi) is 7.95. The van der Waals surface area contributed by atoms with E-state index in [9.17, 15) is 4.57 Å². The van der Waals surface area contributed by atoms with E-state index >= 15 is 0 Å². The Hall–Kier alpha value is -1.30. The number of rotatable bonds is 9. The third-order valence-electron chi connectivity index (χ3n) is 3.74. The minimum absolute atomic E-state index is 0.243. The summed E-state index contributed by atoms with van der Waals surface area (Å²) in [4.78, 5) is 6.19. The van der Waals surface area contributed by atoms with Crippen LogP contribution in [0.5, 0.6) is 0 Å². The largest absolute Gasteiger partial charge is 0.378 e. The molecule has 2 rings (SSSR count). The topological polar surface area (TPSA) is 63.7 Å². The van der Waals surface area contributed by atoms with Gasteiger partial charge in [-0.1, -0.05) is 35.3 Å². The van der Waals surface area contributed by atoms with Gasteiger partial charge in [0.15, 0.2) is 5.78 Å². The Labute approximate surface area is 170 Å². The number of aromatic nitrogens is 1. The molecule has 0 fully saturated rings. The fourth-order valence-electron chi connectivity index (χ4n) is 2.50. The zero-order valence-corrected chi connectivity index (χ0v) is 18.2. The number of nitrogens with zero attached hydrogens (tertiary/aromatic N) is 2. The van der Waals surface area contributed by atoms with E-state index in [-0.39, 0.29) is 13.2 Å². The first kappa shape index (κ1) is 22.0. The average molecular weight is 432 g/mol. The molecule has 27 heavy (non-hydrogen) atoms. The highest BCUT2D eigenvalue weighted by Crippen LogP contribution is 2.61. The van der Waals surface area contributed by atoms with Gasteiger partial charge in [0, 0.05) is 26.0 Å². The highest BCUT2D eigenvalue weighted by atomic mass is 35.5. The molecule has 1 N–H and O–H groups in total. The van der Waals surface area contributed by atoms with E-state index in [1.54, 1.807) is 19.9 Å². The van der Waals surface area contributed by atoms with Crippen LogP contribution < -0.4 is 10.2 Å². The molecule has 0 radical (unpaired) electrons. The average Bonchev–Trinajstić information content (AvgIpc) is 2.61. The van der Waals surface area contributed by atoms with Crippen molar-refractivity contribution in [2.75, 3.05) is 37.5 Å². The maximum atomic E-state index is 13.5. The lowest BCUT2D eigenvalue weighted by molar-refractivity contribution is 0.214. The Morgan fingerprint density at radius 2 is 1.74 bits per heavy atom. The standard InChI is InChI=1S/C18H24Cl2N3O3P/c1-5-25-27(24,26-6-2)18(13-7-9-15(10-8-13)23(3)4)22-17-16(20)11-14(19)12-21-17/h7-12,18H,5-6H2,1-4H3,(H,21,22). The summed E-state index contributed by atoms with van der Waals surface area (Å²) >= 11 is 12.2. The van der Waals surface area contributed by atoms with E-state index in [0.717, 1.165) is 11.3 Å². The van der Waals surface area contributed by atoms with Crippen LogP contribution in [-0.4, -0.2) is 32.3 Å². The molecule has 9 heteroatoms. The van der Waals surface area contributed by atoms with Crippen LogP contribution in [0.15, 0.2) is 36.5 Å². The number of anilines is 2. The van der Waals surface area contributed by atoms with Crippen LogP contribution in [0, 0.1) is 0 Å². The predicted octanol–water partition coefficient (Wildman–Crippen LogP) is 5.83. The van der Waals surface area contributed by atoms with Gasteiger partial charge in [0.05, 0.1) is 23.3 Å². The first-order valence-corrected chi connectivity index (χ1v) is 10.9. The lowest BCUT2D eigenvalue weighted by atomic mass is 10.2. The van der Waals surface area contributed by atoms with Crippen LogP contribution in [-0.2, 0) is 13.6 Å². The van der Waals surface area contributed by atoms with Gasteiger partial charge >= 0.3 is 7.60 Å². The Balaban J connectivity index is 2.48. The van der Waals surface area contributed by atoms with Crippen LogP contribution >= 0.6 is 30.8 Å². The second-order valence-corrected chi connectivity index (χ2v) is 8.85. The van der Waals surface area contributed by atoms with E-state index in [1.807, 2.05) is 43.3 Å². The van der Waals surface area contributed by atoms with Crippen molar-refractivity contribution in [2.24, 2.45) is 0 Å². The molecule has 1 aromatic heterocycles. The van der Waals surface area contributed by atoms with Crippen molar-refractivity contribution in [3.05, 3.63) is 52.1 Å². The fourth-order valence-corrected chi connectivity index (χ4v) is 4.84. The summed E-state index contributed by atoms with van der Waals surface area (Å²) in [6.45, 7) is 4.02. The first-order valence-electron chi connectivity index (χ1n) is 8.54. The second kappa shape index (κ2) is 9.76. The zero-order valence-electron chi connectivity index (χ0n) is 15.8. The van der Waals surface area contributed by atoms with Gasteiger partial charge in [0.1, 0.15) is 5.82 Å². The molecule has 0 aliphatic carbocycles. The van der Waals surface area contributed by atoms with Crippen molar-refractivity contribution in [3.8, 4) is 0 Å². The lowest BCUT2D eigenvalue weighted by Gasteiger charge is -2.28. The number of hydrogen-bond donors (Lipinski definition) is 1. The van der Waals surface area contributed by atoms with Crippen LogP contribution in [0.1, 0.15) is 25.2 Å². The van der Waals surface area contributed by atoms with Crippen molar-refractivity contribution in [2.45, 2.75) is 19.6 Å². The van der Waals surface area contributed by atoms with Crippen molar-refractivity contribution < 1.29 is 13.6 Å². The molecule has 0 amide bonds. The number of pyridine rings is 1. The molecule has 0 aliphatic rings. The van der Waals surface area contributed by atoms with Gasteiger partial charge in [-0.2, -0.15) is 0 Å². The van der Waals surface area contributed by atoms with Crippen molar-refractivity contribution in [3.63, 3.8) is 0 Å². The molecule has 0 aliphatic heterocycles. The minimum Gasteiger partial charge on any atom is -0.378 e. The van der Waals surface area contributed by atoms with Crippen LogP contribution in [0.25, 0.3) is 0 Å². The molecule has 1 atom stereocenters. The van der Waals surface area contributed by atoms with Crippen molar-refractivity contribution >= 4 is 42.3 Å². The number of benzene rings is 1. The molecule has 1 unspecified atom stereocenters. The molecule has 0 bridgehead atoms. The third kappa shape index (κ3) is 5.59. The highest BCUT2D eigenvalue weighted by Gasteiger charge is 2.37. The first-order chi connectivity index (χ1) is 12.8.